The molecule has 3 rings (SSSR count). The fraction of sp³-hybridized carbons (Fsp3) is 0.476. The SMILES string of the molecule is COc1ccc(CNC(=S)N(CCCN2CCOCC2)Cc2cccs2)cc1. The Labute approximate surface area is 177 Å². The van der Waals surface area contributed by atoms with Crippen molar-refractivity contribution < 1.29 is 9.47 Å². The fourth-order valence-electron chi connectivity index (χ4n) is 3.19. The van der Waals surface area contributed by atoms with Gasteiger partial charge in [-0.3, -0.25) is 4.90 Å². The minimum Gasteiger partial charge on any atom is -0.497 e. The second kappa shape index (κ2) is 11.4. The summed E-state index contributed by atoms with van der Waals surface area (Å²) in [5.74, 6) is 0.869. The highest BCUT2D eigenvalue weighted by Gasteiger charge is 2.14. The third-order valence-electron chi connectivity index (χ3n) is 4.82. The predicted molar refractivity (Wildman–Crippen MR) is 119 cm³/mol. The van der Waals surface area contributed by atoms with Gasteiger partial charge in [0.25, 0.3) is 0 Å². The summed E-state index contributed by atoms with van der Waals surface area (Å²) >= 11 is 7.51. The number of thiocarbonyl (C=S) groups is 1. The van der Waals surface area contributed by atoms with Gasteiger partial charge in [-0.05, 0) is 47.8 Å². The Morgan fingerprint density at radius 3 is 2.71 bits per heavy atom. The first-order valence-electron chi connectivity index (χ1n) is 9.73. The molecule has 1 fully saturated rings. The minimum atomic E-state index is 0.716. The highest BCUT2D eigenvalue weighted by molar-refractivity contribution is 7.80. The number of rotatable bonds is 9. The maximum atomic E-state index is 5.73. The van der Waals surface area contributed by atoms with Gasteiger partial charge in [-0.15, -0.1) is 11.3 Å². The minimum absolute atomic E-state index is 0.716. The number of thiophene rings is 1. The van der Waals surface area contributed by atoms with Crippen LogP contribution in [0.15, 0.2) is 41.8 Å². The zero-order valence-electron chi connectivity index (χ0n) is 16.4. The molecule has 0 aliphatic carbocycles. The fourth-order valence-corrected chi connectivity index (χ4v) is 4.13. The molecule has 0 bridgehead atoms. The van der Waals surface area contributed by atoms with Gasteiger partial charge < -0.3 is 19.7 Å². The van der Waals surface area contributed by atoms with E-state index in [0.717, 1.165) is 63.2 Å². The molecule has 1 saturated heterocycles. The molecule has 0 radical (unpaired) electrons. The third kappa shape index (κ3) is 6.74. The van der Waals surface area contributed by atoms with Gasteiger partial charge in [0, 0.05) is 37.6 Å². The Bertz CT molecular complexity index is 701. The number of methoxy groups -OCH3 is 1. The normalized spacial score (nSPS) is 14.6. The Hall–Kier alpha value is -1.67. The van der Waals surface area contributed by atoms with Crippen molar-refractivity contribution in [1.82, 2.24) is 15.1 Å². The topological polar surface area (TPSA) is 37.0 Å². The van der Waals surface area contributed by atoms with Crippen LogP contribution in [0.1, 0.15) is 16.9 Å². The summed E-state index contributed by atoms with van der Waals surface area (Å²) in [5, 5.41) is 6.36. The van der Waals surface area contributed by atoms with E-state index >= 15 is 0 Å². The predicted octanol–water partition coefficient (Wildman–Crippen LogP) is 3.36. The van der Waals surface area contributed by atoms with E-state index in [0.29, 0.717) is 6.54 Å². The summed E-state index contributed by atoms with van der Waals surface area (Å²) in [6, 6.07) is 12.4. The van der Waals surface area contributed by atoms with Crippen LogP contribution in [0, 0.1) is 0 Å². The van der Waals surface area contributed by atoms with Crippen molar-refractivity contribution in [3.05, 3.63) is 52.2 Å². The van der Waals surface area contributed by atoms with Crippen LogP contribution in [-0.4, -0.2) is 61.4 Å². The van der Waals surface area contributed by atoms with Crippen molar-refractivity contribution in [3.63, 3.8) is 0 Å². The molecular formula is C21H29N3O2S2. The molecule has 1 aliphatic rings. The van der Waals surface area contributed by atoms with Gasteiger partial charge in [-0.25, -0.2) is 0 Å². The largest absolute Gasteiger partial charge is 0.497 e. The molecule has 2 aromatic rings. The Morgan fingerprint density at radius 1 is 1.25 bits per heavy atom. The van der Waals surface area contributed by atoms with Crippen molar-refractivity contribution in [2.24, 2.45) is 0 Å². The van der Waals surface area contributed by atoms with Gasteiger partial charge in [0.05, 0.1) is 26.9 Å². The average molecular weight is 420 g/mol. The first kappa shape index (κ1) is 21.0. The molecule has 1 aliphatic heterocycles. The van der Waals surface area contributed by atoms with E-state index in [1.807, 2.05) is 12.1 Å². The Balaban J connectivity index is 1.51. The lowest BCUT2D eigenvalue weighted by Crippen LogP contribution is -2.41. The van der Waals surface area contributed by atoms with Crippen LogP contribution in [0.25, 0.3) is 0 Å². The van der Waals surface area contributed by atoms with Crippen LogP contribution in [-0.2, 0) is 17.8 Å². The molecule has 7 heteroatoms. The maximum Gasteiger partial charge on any atom is 0.169 e. The zero-order chi connectivity index (χ0) is 19.6. The number of morpholine rings is 1. The lowest BCUT2D eigenvalue weighted by molar-refractivity contribution is 0.0367. The van der Waals surface area contributed by atoms with Gasteiger partial charge in [-0.2, -0.15) is 0 Å². The van der Waals surface area contributed by atoms with Crippen LogP contribution in [0.2, 0.25) is 0 Å². The van der Waals surface area contributed by atoms with E-state index in [1.54, 1.807) is 18.4 Å². The smallest absolute Gasteiger partial charge is 0.169 e. The molecule has 0 atom stereocenters. The third-order valence-corrected chi connectivity index (χ3v) is 6.09. The highest BCUT2D eigenvalue weighted by atomic mass is 32.1. The van der Waals surface area contributed by atoms with E-state index in [1.165, 1.54) is 10.4 Å². The first-order valence-corrected chi connectivity index (χ1v) is 11.0. The van der Waals surface area contributed by atoms with E-state index in [-0.39, 0.29) is 0 Å². The van der Waals surface area contributed by atoms with Crippen molar-refractivity contribution in [3.8, 4) is 5.75 Å². The summed E-state index contributed by atoms with van der Waals surface area (Å²) in [6.45, 7) is 7.37. The van der Waals surface area contributed by atoms with Crippen LogP contribution in [0.5, 0.6) is 5.75 Å². The summed E-state index contributed by atoms with van der Waals surface area (Å²) < 4.78 is 10.7. The molecule has 0 spiro atoms. The molecular weight excluding hydrogens is 390 g/mol. The standard InChI is InChI=1S/C21H29N3O2S2/c1-25-19-7-5-18(6-8-19)16-22-21(27)24(17-20-4-2-15-28-20)10-3-9-23-11-13-26-14-12-23/h2,4-8,15H,3,9-14,16-17H2,1H3,(H,22,27). The van der Waals surface area contributed by atoms with Crippen molar-refractivity contribution in [1.29, 1.82) is 0 Å². The summed E-state index contributed by atoms with van der Waals surface area (Å²) in [5.41, 5.74) is 1.19. The maximum absolute atomic E-state index is 5.73. The van der Waals surface area contributed by atoms with Gasteiger partial charge >= 0.3 is 0 Å². The Kier molecular flexibility index (Phi) is 8.54. The lowest BCUT2D eigenvalue weighted by Gasteiger charge is -2.29. The van der Waals surface area contributed by atoms with Crippen LogP contribution in [0.4, 0.5) is 0 Å². The lowest BCUT2D eigenvalue weighted by atomic mass is 10.2. The molecule has 0 saturated carbocycles. The van der Waals surface area contributed by atoms with Crippen molar-refractivity contribution in [2.75, 3.05) is 46.5 Å². The molecule has 0 amide bonds. The molecule has 152 valence electrons. The molecule has 0 unspecified atom stereocenters. The van der Waals surface area contributed by atoms with E-state index in [4.69, 9.17) is 21.7 Å². The van der Waals surface area contributed by atoms with Crippen LogP contribution >= 0.6 is 23.6 Å². The number of nitrogens with one attached hydrogen (secondary N) is 1. The number of ether oxygens (including phenoxy) is 2. The van der Waals surface area contributed by atoms with Gasteiger partial charge in [-0.1, -0.05) is 18.2 Å². The van der Waals surface area contributed by atoms with Gasteiger partial charge in [0.2, 0.25) is 0 Å². The monoisotopic (exact) mass is 419 g/mol. The second-order valence-corrected chi connectivity index (χ2v) is 8.23. The van der Waals surface area contributed by atoms with E-state index < -0.39 is 0 Å². The first-order chi connectivity index (χ1) is 13.7. The Morgan fingerprint density at radius 2 is 2.04 bits per heavy atom. The summed E-state index contributed by atoms with van der Waals surface area (Å²) in [4.78, 5) is 6.09. The van der Waals surface area contributed by atoms with Gasteiger partial charge in [0.1, 0.15) is 5.75 Å². The molecule has 1 aromatic heterocycles. The zero-order valence-corrected chi connectivity index (χ0v) is 18.1. The van der Waals surface area contributed by atoms with E-state index in [2.05, 4.69) is 44.8 Å². The highest BCUT2D eigenvalue weighted by Crippen LogP contribution is 2.14. The van der Waals surface area contributed by atoms with Crippen molar-refractivity contribution >= 4 is 28.7 Å². The number of nitrogens with zero attached hydrogens (tertiary/aromatic N) is 2. The average Bonchev–Trinajstić information content (AvgIpc) is 3.25. The molecule has 28 heavy (non-hydrogen) atoms. The summed E-state index contributed by atoms with van der Waals surface area (Å²) in [6.07, 6.45) is 1.09. The molecule has 1 N–H and O–H groups in total. The summed E-state index contributed by atoms with van der Waals surface area (Å²) in [7, 11) is 1.68. The van der Waals surface area contributed by atoms with E-state index in [9.17, 15) is 0 Å². The number of benzene rings is 1. The molecule has 5 nitrogen and oxygen atoms in total. The van der Waals surface area contributed by atoms with Crippen molar-refractivity contribution in [2.45, 2.75) is 19.5 Å². The number of hydrogen-bond donors (Lipinski definition) is 1. The quantitative estimate of drug-likeness (QED) is 0.628. The van der Waals surface area contributed by atoms with Gasteiger partial charge in [0.15, 0.2) is 5.11 Å². The molecule has 1 aromatic carbocycles. The second-order valence-electron chi connectivity index (χ2n) is 6.82. The van der Waals surface area contributed by atoms with Crippen LogP contribution in [0.3, 0.4) is 0 Å². The number of hydrogen-bond acceptors (Lipinski definition) is 5. The molecule has 2 heterocycles. The van der Waals surface area contributed by atoms with Crippen LogP contribution < -0.4 is 10.1 Å².